The van der Waals surface area contributed by atoms with Crippen molar-refractivity contribution in [3.8, 4) is 0 Å². The molecular formula is C13H32. The van der Waals surface area contributed by atoms with E-state index in [2.05, 4.69) is 20.8 Å². The largest absolute Gasteiger partial charge is 0.0683 e. The average molecular weight is 188 g/mol. The molecule has 0 amide bonds. The minimum atomic E-state index is 0.940. The molecule has 0 nitrogen and oxygen atoms in total. The Labute approximate surface area is 87.1 Å². The Hall–Kier alpha value is 0. The Bertz CT molecular complexity index is 64.4. The van der Waals surface area contributed by atoms with Gasteiger partial charge in [0.25, 0.3) is 0 Å². The highest BCUT2D eigenvalue weighted by Gasteiger charge is 2.34. The highest BCUT2D eigenvalue weighted by Crippen LogP contribution is 2.43. The zero-order valence-corrected chi connectivity index (χ0v) is 11.4. The summed E-state index contributed by atoms with van der Waals surface area (Å²) in [6, 6.07) is 0. The van der Waals surface area contributed by atoms with E-state index < -0.39 is 0 Å². The molecule has 0 spiro atoms. The third kappa shape index (κ3) is 12.0. The third-order valence-electron chi connectivity index (χ3n) is 2.03. The standard InChI is InChI=1S/C7H14.3C2H6/c1-5(2)7-4-6(7)3;3*1-2/h5-7H,4H2,1-3H3;3*1-2H3. The number of hydrogen-bond acceptors (Lipinski definition) is 0. The van der Waals surface area contributed by atoms with Gasteiger partial charge in [-0.2, -0.15) is 0 Å². The van der Waals surface area contributed by atoms with Crippen LogP contribution >= 0.6 is 0 Å². The summed E-state index contributed by atoms with van der Waals surface area (Å²) < 4.78 is 0. The predicted molar refractivity (Wildman–Crippen MR) is 66.2 cm³/mol. The lowest BCUT2D eigenvalue weighted by molar-refractivity contribution is 0.530. The number of hydrogen-bond donors (Lipinski definition) is 0. The zero-order valence-electron chi connectivity index (χ0n) is 11.4. The van der Waals surface area contributed by atoms with Gasteiger partial charge in [0.15, 0.2) is 0 Å². The van der Waals surface area contributed by atoms with Crippen LogP contribution in [0.25, 0.3) is 0 Å². The van der Waals surface area contributed by atoms with Crippen molar-refractivity contribution in [1.82, 2.24) is 0 Å². The van der Waals surface area contributed by atoms with E-state index in [1.807, 2.05) is 41.5 Å². The molecule has 0 N–H and O–H groups in total. The summed E-state index contributed by atoms with van der Waals surface area (Å²) in [6.45, 7) is 19.0. The summed E-state index contributed by atoms with van der Waals surface area (Å²) in [5.41, 5.74) is 0. The van der Waals surface area contributed by atoms with Crippen LogP contribution in [-0.2, 0) is 0 Å². The Morgan fingerprint density at radius 3 is 1.08 bits per heavy atom. The molecule has 0 bridgehead atoms. The van der Waals surface area contributed by atoms with E-state index in [0.717, 1.165) is 17.8 Å². The molecule has 0 saturated heterocycles. The van der Waals surface area contributed by atoms with Crippen LogP contribution in [0, 0.1) is 17.8 Å². The summed E-state index contributed by atoms with van der Waals surface area (Å²) in [7, 11) is 0. The van der Waals surface area contributed by atoms with Crippen molar-refractivity contribution < 1.29 is 0 Å². The lowest BCUT2D eigenvalue weighted by atomic mass is 10.1. The van der Waals surface area contributed by atoms with Crippen molar-refractivity contribution in [1.29, 1.82) is 0 Å². The quantitative estimate of drug-likeness (QED) is 0.518. The zero-order chi connectivity index (χ0) is 11.4. The molecule has 0 aromatic rings. The van der Waals surface area contributed by atoms with Crippen molar-refractivity contribution in [2.45, 2.75) is 68.7 Å². The van der Waals surface area contributed by atoms with Crippen LogP contribution < -0.4 is 0 Å². The maximum atomic E-state index is 2.34. The van der Waals surface area contributed by atoms with Gasteiger partial charge in [0, 0.05) is 0 Å². The van der Waals surface area contributed by atoms with Crippen LogP contribution in [0.2, 0.25) is 0 Å². The molecule has 1 aliphatic rings. The van der Waals surface area contributed by atoms with Gasteiger partial charge in [0.1, 0.15) is 0 Å². The van der Waals surface area contributed by atoms with E-state index in [0.29, 0.717) is 0 Å². The maximum Gasteiger partial charge on any atom is -0.0363 e. The van der Waals surface area contributed by atoms with E-state index in [-0.39, 0.29) is 0 Å². The molecule has 0 heterocycles. The molecule has 0 aromatic heterocycles. The molecule has 0 aromatic carbocycles. The molecule has 1 saturated carbocycles. The number of rotatable bonds is 1. The van der Waals surface area contributed by atoms with E-state index in [4.69, 9.17) is 0 Å². The van der Waals surface area contributed by atoms with Gasteiger partial charge < -0.3 is 0 Å². The highest BCUT2D eigenvalue weighted by molar-refractivity contribution is 4.84. The first-order valence-corrected chi connectivity index (χ1v) is 6.22. The van der Waals surface area contributed by atoms with Crippen molar-refractivity contribution in [2.24, 2.45) is 17.8 Å². The van der Waals surface area contributed by atoms with Crippen LogP contribution in [0.1, 0.15) is 68.7 Å². The normalized spacial score (nSPS) is 22.6. The summed E-state index contributed by atoms with van der Waals surface area (Å²) in [5.74, 6) is 3.05. The molecule has 1 rings (SSSR count). The lowest BCUT2D eigenvalue weighted by Crippen LogP contribution is -1.89. The van der Waals surface area contributed by atoms with Gasteiger partial charge in [-0.3, -0.25) is 0 Å². The Morgan fingerprint density at radius 2 is 1.08 bits per heavy atom. The lowest BCUT2D eigenvalue weighted by Gasteiger charge is -1.97. The fraction of sp³-hybridized carbons (Fsp3) is 1.00. The average Bonchev–Trinajstić information content (AvgIpc) is 2.93. The Balaban J connectivity index is -0.000000144. The fourth-order valence-electron chi connectivity index (χ4n) is 1.28. The topological polar surface area (TPSA) is 0 Å². The molecule has 13 heavy (non-hydrogen) atoms. The molecule has 0 aliphatic heterocycles. The van der Waals surface area contributed by atoms with E-state index in [1.165, 1.54) is 6.42 Å². The molecule has 0 heteroatoms. The van der Waals surface area contributed by atoms with E-state index >= 15 is 0 Å². The monoisotopic (exact) mass is 188 g/mol. The second-order valence-corrected chi connectivity index (χ2v) is 3.12. The smallest absolute Gasteiger partial charge is 0.0363 e. The molecular weight excluding hydrogens is 156 g/mol. The summed E-state index contributed by atoms with van der Waals surface area (Å²) in [5, 5.41) is 0. The molecule has 84 valence electrons. The van der Waals surface area contributed by atoms with E-state index in [9.17, 15) is 0 Å². The van der Waals surface area contributed by atoms with Gasteiger partial charge in [-0.25, -0.2) is 0 Å². The second kappa shape index (κ2) is 14.5. The molecule has 2 unspecified atom stereocenters. The summed E-state index contributed by atoms with van der Waals surface area (Å²) in [6.07, 6.45) is 1.48. The first-order chi connectivity index (χ1) is 6.22. The van der Waals surface area contributed by atoms with Crippen molar-refractivity contribution >= 4 is 0 Å². The van der Waals surface area contributed by atoms with Gasteiger partial charge in [0.2, 0.25) is 0 Å². The van der Waals surface area contributed by atoms with Crippen LogP contribution in [0.15, 0.2) is 0 Å². The van der Waals surface area contributed by atoms with Gasteiger partial charge in [-0.05, 0) is 24.2 Å². The van der Waals surface area contributed by atoms with Gasteiger partial charge in [0.05, 0.1) is 0 Å². The van der Waals surface area contributed by atoms with Crippen molar-refractivity contribution in [2.75, 3.05) is 0 Å². The highest BCUT2D eigenvalue weighted by atomic mass is 14.4. The molecule has 1 aliphatic carbocycles. The predicted octanol–water partition coefficient (Wildman–Crippen LogP) is 5.38. The molecule has 1 fully saturated rings. The van der Waals surface area contributed by atoms with Gasteiger partial charge in [-0.15, -0.1) is 0 Å². The molecule has 2 atom stereocenters. The SMILES string of the molecule is CC.CC.CC.CC(C)C1CC1C. The Morgan fingerprint density at radius 1 is 0.846 bits per heavy atom. The first-order valence-electron chi connectivity index (χ1n) is 6.22. The van der Waals surface area contributed by atoms with Crippen LogP contribution in [0.4, 0.5) is 0 Å². The maximum absolute atomic E-state index is 2.34. The summed E-state index contributed by atoms with van der Waals surface area (Å²) in [4.78, 5) is 0. The fourth-order valence-corrected chi connectivity index (χ4v) is 1.28. The van der Waals surface area contributed by atoms with Crippen molar-refractivity contribution in [3.63, 3.8) is 0 Å². The third-order valence-corrected chi connectivity index (χ3v) is 2.03. The van der Waals surface area contributed by atoms with Crippen molar-refractivity contribution in [3.05, 3.63) is 0 Å². The van der Waals surface area contributed by atoms with Gasteiger partial charge in [-0.1, -0.05) is 62.3 Å². The van der Waals surface area contributed by atoms with Crippen LogP contribution in [-0.4, -0.2) is 0 Å². The van der Waals surface area contributed by atoms with E-state index in [1.54, 1.807) is 0 Å². The second-order valence-electron chi connectivity index (χ2n) is 3.12. The first kappa shape index (κ1) is 18.7. The van der Waals surface area contributed by atoms with Crippen LogP contribution in [0.3, 0.4) is 0 Å². The minimum absolute atomic E-state index is 0.940. The van der Waals surface area contributed by atoms with Gasteiger partial charge >= 0.3 is 0 Å². The summed E-state index contributed by atoms with van der Waals surface area (Å²) >= 11 is 0. The minimum Gasteiger partial charge on any atom is -0.0683 e. The van der Waals surface area contributed by atoms with Crippen LogP contribution in [0.5, 0.6) is 0 Å². The Kier molecular flexibility index (Phi) is 20.9. The molecule has 0 radical (unpaired) electrons.